The van der Waals surface area contributed by atoms with Gasteiger partial charge >= 0.3 is 0 Å². The molecule has 30 heavy (non-hydrogen) atoms. The summed E-state index contributed by atoms with van der Waals surface area (Å²) in [5.41, 5.74) is 2.54. The van der Waals surface area contributed by atoms with E-state index in [0.29, 0.717) is 36.2 Å². The van der Waals surface area contributed by atoms with Gasteiger partial charge in [0.2, 0.25) is 11.9 Å². The average molecular weight is 410 g/mol. The van der Waals surface area contributed by atoms with Crippen molar-refractivity contribution < 1.29 is 18.7 Å². The third kappa shape index (κ3) is 4.72. The van der Waals surface area contributed by atoms with Gasteiger partial charge in [-0.2, -0.15) is 0 Å². The minimum atomic E-state index is -0.460. The molecule has 0 saturated heterocycles. The number of halogens is 1. The van der Waals surface area contributed by atoms with Crippen LogP contribution in [0.4, 0.5) is 10.3 Å². The maximum Gasteiger partial charge on any atom is 0.257 e. The second-order valence-electron chi connectivity index (χ2n) is 6.83. The zero-order valence-electron chi connectivity index (χ0n) is 16.9. The van der Waals surface area contributed by atoms with Crippen LogP contribution in [0.2, 0.25) is 0 Å². The summed E-state index contributed by atoms with van der Waals surface area (Å²) in [7, 11) is 3.26. The van der Waals surface area contributed by atoms with Crippen LogP contribution in [0.25, 0.3) is 16.6 Å². The smallest absolute Gasteiger partial charge is 0.257 e. The second kappa shape index (κ2) is 9.32. The van der Waals surface area contributed by atoms with Gasteiger partial charge in [0.1, 0.15) is 11.3 Å². The van der Waals surface area contributed by atoms with Gasteiger partial charge in [0.05, 0.1) is 18.7 Å². The van der Waals surface area contributed by atoms with Crippen LogP contribution in [-0.4, -0.2) is 54.0 Å². The van der Waals surface area contributed by atoms with E-state index < -0.39 is 5.91 Å². The van der Waals surface area contributed by atoms with Crippen LogP contribution in [0.3, 0.4) is 0 Å². The molecule has 1 aromatic carbocycles. The quantitative estimate of drug-likeness (QED) is 0.566. The molecule has 0 bridgehead atoms. The molecule has 0 radical (unpaired) electrons. The number of hydrogen-bond acceptors (Lipinski definition) is 4. The minimum Gasteiger partial charge on any atom is -0.377 e. The number of carbonyl (C=O) groups excluding carboxylic acids is 2. The SMILES string of the molecule is C=C/C(=C\C=C\C(=O)N(C)C)C(=O)Nc1nc2c(C3=CCOCC3)c(F)ccc2[nH]1. The molecule has 0 fully saturated rings. The first kappa shape index (κ1) is 21.2. The van der Waals surface area contributed by atoms with Crippen molar-refractivity contribution in [3.05, 3.63) is 66.0 Å². The summed E-state index contributed by atoms with van der Waals surface area (Å²) in [4.78, 5) is 32.9. The Hall–Kier alpha value is -3.52. The fraction of sp³-hybridized carbons (Fsp3) is 0.227. The molecule has 8 heteroatoms. The van der Waals surface area contributed by atoms with Crippen LogP contribution in [0, 0.1) is 5.82 Å². The molecule has 2 aromatic rings. The fourth-order valence-electron chi connectivity index (χ4n) is 2.97. The second-order valence-corrected chi connectivity index (χ2v) is 6.83. The zero-order chi connectivity index (χ0) is 21.7. The minimum absolute atomic E-state index is 0.190. The number of carbonyl (C=O) groups is 2. The molecule has 2 N–H and O–H groups in total. The Morgan fingerprint density at radius 2 is 2.17 bits per heavy atom. The Kier molecular flexibility index (Phi) is 6.58. The predicted molar refractivity (Wildman–Crippen MR) is 114 cm³/mol. The largest absolute Gasteiger partial charge is 0.377 e. The van der Waals surface area contributed by atoms with E-state index in [9.17, 15) is 14.0 Å². The Balaban J connectivity index is 1.85. The van der Waals surface area contributed by atoms with Gasteiger partial charge in [-0.3, -0.25) is 14.9 Å². The van der Waals surface area contributed by atoms with E-state index in [1.165, 1.54) is 35.3 Å². The molecule has 156 valence electrons. The number of anilines is 1. The Labute approximate surface area is 173 Å². The van der Waals surface area contributed by atoms with Crippen molar-refractivity contribution >= 4 is 34.4 Å². The normalized spacial score (nSPS) is 14.6. The molecule has 2 heterocycles. The van der Waals surface area contributed by atoms with Crippen LogP contribution in [-0.2, 0) is 14.3 Å². The number of ether oxygens (including phenoxy) is 1. The number of rotatable bonds is 6. The number of imidazole rings is 1. The topological polar surface area (TPSA) is 87.3 Å². The molecule has 0 aliphatic carbocycles. The van der Waals surface area contributed by atoms with E-state index in [-0.39, 0.29) is 23.2 Å². The monoisotopic (exact) mass is 410 g/mol. The number of benzene rings is 1. The number of H-pyrrole nitrogens is 1. The number of allylic oxidation sites excluding steroid dienone is 2. The van der Waals surface area contributed by atoms with Gasteiger partial charge in [-0.1, -0.05) is 24.8 Å². The van der Waals surface area contributed by atoms with Crippen molar-refractivity contribution in [1.82, 2.24) is 14.9 Å². The Morgan fingerprint density at radius 1 is 1.37 bits per heavy atom. The van der Waals surface area contributed by atoms with Gasteiger partial charge in [0.15, 0.2) is 0 Å². The number of likely N-dealkylation sites (N-methyl/N-ethyl adjacent to an activating group) is 1. The van der Waals surface area contributed by atoms with Crippen molar-refractivity contribution in [1.29, 1.82) is 0 Å². The molecular formula is C22H23FN4O3. The first-order valence-electron chi connectivity index (χ1n) is 9.39. The number of fused-ring (bicyclic) bond motifs is 1. The number of amides is 2. The zero-order valence-corrected chi connectivity index (χ0v) is 16.9. The molecule has 0 spiro atoms. The number of nitrogens with zero attached hydrogens (tertiary/aromatic N) is 2. The maximum absolute atomic E-state index is 14.5. The lowest BCUT2D eigenvalue weighted by Gasteiger charge is -2.14. The summed E-state index contributed by atoms with van der Waals surface area (Å²) in [6.45, 7) is 4.58. The van der Waals surface area contributed by atoms with E-state index >= 15 is 0 Å². The van der Waals surface area contributed by atoms with Gasteiger partial charge in [-0.15, -0.1) is 0 Å². The molecule has 1 aliphatic heterocycles. The van der Waals surface area contributed by atoms with Gasteiger partial charge < -0.3 is 14.6 Å². The lowest BCUT2D eigenvalue weighted by Crippen LogP contribution is -2.18. The van der Waals surface area contributed by atoms with Crippen molar-refractivity contribution in [3.8, 4) is 0 Å². The maximum atomic E-state index is 14.5. The van der Waals surface area contributed by atoms with Crippen molar-refractivity contribution in [2.45, 2.75) is 6.42 Å². The van der Waals surface area contributed by atoms with E-state index in [0.717, 1.165) is 5.57 Å². The molecule has 0 atom stereocenters. The number of hydrogen-bond donors (Lipinski definition) is 2. The third-order valence-electron chi connectivity index (χ3n) is 4.56. The van der Waals surface area contributed by atoms with Gasteiger partial charge in [-0.05, 0) is 30.2 Å². The van der Waals surface area contributed by atoms with Crippen molar-refractivity contribution in [3.63, 3.8) is 0 Å². The lowest BCUT2D eigenvalue weighted by molar-refractivity contribution is -0.123. The first-order valence-corrected chi connectivity index (χ1v) is 9.39. The molecule has 1 aliphatic rings. The van der Waals surface area contributed by atoms with E-state index in [2.05, 4.69) is 21.9 Å². The highest BCUT2D eigenvalue weighted by atomic mass is 19.1. The van der Waals surface area contributed by atoms with Crippen molar-refractivity contribution in [2.75, 3.05) is 32.6 Å². The van der Waals surface area contributed by atoms with Gasteiger partial charge in [0.25, 0.3) is 5.91 Å². The number of aromatic nitrogens is 2. The molecular weight excluding hydrogens is 387 g/mol. The van der Waals surface area contributed by atoms with Crippen LogP contribution >= 0.6 is 0 Å². The molecule has 0 saturated carbocycles. The Bertz CT molecular complexity index is 1080. The number of aromatic amines is 1. The van der Waals surface area contributed by atoms with Crippen LogP contribution in [0.1, 0.15) is 12.0 Å². The first-order chi connectivity index (χ1) is 14.4. The summed E-state index contributed by atoms with van der Waals surface area (Å²) < 4.78 is 19.8. The molecule has 2 amide bonds. The average Bonchev–Trinajstić information content (AvgIpc) is 3.13. The summed E-state index contributed by atoms with van der Waals surface area (Å²) in [5.74, 6) is -0.847. The molecule has 0 unspecified atom stereocenters. The van der Waals surface area contributed by atoms with E-state index in [4.69, 9.17) is 4.74 Å². The molecule has 1 aromatic heterocycles. The van der Waals surface area contributed by atoms with Gasteiger partial charge in [-0.25, -0.2) is 9.37 Å². The predicted octanol–water partition coefficient (Wildman–Crippen LogP) is 3.20. The van der Waals surface area contributed by atoms with Crippen LogP contribution in [0.15, 0.2) is 54.7 Å². The third-order valence-corrected chi connectivity index (χ3v) is 4.56. The highest BCUT2D eigenvalue weighted by molar-refractivity contribution is 6.06. The summed E-state index contributed by atoms with van der Waals surface area (Å²) in [6, 6.07) is 2.95. The summed E-state index contributed by atoms with van der Waals surface area (Å²) >= 11 is 0. The van der Waals surface area contributed by atoms with Crippen LogP contribution in [0.5, 0.6) is 0 Å². The van der Waals surface area contributed by atoms with E-state index in [1.807, 2.05) is 6.08 Å². The highest BCUT2D eigenvalue weighted by Crippen LogP contribution is 2.31. The van der Waals surface area contributed by atoms with Crippen molar-refractivity contribution in [2.24, 2.45) is 0 Å². The summed E-state index contributed by atoms with van der Waals surface area (Å²) in [6.07, 6.45) is 8.10. The van der Waals surface area contributed by atoms with Crippen LogP contribution < -0.4 is 5.32 Å². The molecule has 3 rings (SSSR count). The summed E-state index contributed by atoms with van der Waals surface area (Å²) in [5, 5.41) is 2.65. The lowest BCUT2D eigenvalue weighted by atomic mass is 9.99. The molecule has 7 nitrogen and oxygen atoms in total. The van der Waals surface area contributed by atoms with Gasteiger partial charge in [0, 0.05) is 31.3 Å². The number of nitrogens with one attached hydrogen (secondary N) is 2. The fourth-order valence-corrected chi connectivity index (χ4v) is 2.97. The highest BCUT2D eigenvalue weighted by Gasteiger charge is 2.18. The van der Waals surface area contributed by atoms with E-state index in [1.54, 1.807) is 20.2 Å². The standard InChI is InChI=1S/C22H23FN4O3/c1-4-14(6-5-7-18(28)27(2)3)21(29)26-22-24-17-9-8-16(23)19(20(17)25-22)15-10-12-30-13-11-15/h4-10H,1,11-13H2,2-3H3,(H2,24,25,26,29)/b7-5+,14-6+. The Morgan fingerprint density at radius 3 is 2.83 bits per heavy atom.